The molecule has 1 aromatic carbocycles. The minimum absolute atomic E-state index is 0.0862. The monoisotopic (exact) mass is 268 g/mol. The van der Waals surface area contributed by atoms with Crippen molar-refractivity contribution in [1.82, 2.24) is 10.6 Å². The summed E-state index contributed by atoms with van der Waals surface area (Å²) in [6.07, 6.45) is 2.93. The predicted octanol–water partition coefficient (Wildman–Crippen LogP) is 2.28. The highest BCUT2D eigenvalue weighted by atomic mass is 19.2. The number of halogens is 2. The number of hydrogen-bond donors (Lipinski definition) is 2. The molecule has 1 aliphatic rings. The summed E-state index contributed by atoms with van der Waals surface area (Å²) >= 11 is 0. The molecular formula is C14H18F2N2O. The van der Waals surface area contributed by atoms with Gasteiger partial charge in [0.15, 0.2) is 11.6 Å². The Morgan fingerprint density at radius 2 is 2.16 bits per heavy atom. The Bertz CT molecular complexity index is 459. The van der Waals surface area contributed by atoms with Crippen LogP contribution < -0.4 is 10.6 Å². The van der Waals surface area contributed by atoms with Crippen LogP contribution in [0.3, 0.4) is 0 Å². The Hall–Kier alpha value is -1.49. The van der Waals surface area contributed by atoms with Gasteiger partial charge in [-0.3, -0.25) is 4.79 Å². The minimum atomic E-state index is -0.894. The molecule has 0 bridgehead atoms. The van der Waals surface area contributed by atoms with Crippen molar-refractivity contribution in [3.8, 4) is 0 Å². The van der Waals surface area contributed by atoms with Crippen LogP contribution in [-0.4, -0.2) is 18.5 Å². The first-order chi connectivity index (χ1) is 9.08. The Kier molecular flexibility index (Phi) is 4.47. The lowest BCUT2D eigenvalue weighted by atomic mass is 10.0. The molecule has 1 aliphatic heterocycles. The molecule has 0 saturated carbocycles. The van der Waals surface area contributed by atoms with Crippen molar-refractivity contribution < 1.29 is 13.6 Å². The van der Waals surface area contributed by atoms with Gasteiger partial charge >= 0.3 is 0 Å². The Morgan fingerprint density at radius 3 is 2.79 bits per heavy atom. The lowest BCUT2D eigenvalue weighted by Gasteiger charge is -2.24. The highest BCUT2D eigenvalue weighted by molar-refractivity contribution is 5.82. The van der Waals surface area contributed by atoms with Crippen LogP contribution in [-0.2, 0) is 4.79 Å². The van der Waals surface area contributed by atoms with E-state index in [0.29, 0.717) is 5.56 Å². The number of hydrogen-bond acceptors (Lipinski definition) is 2. The van der Waals surface area contributed by atoms with Crippen molar-refractivity contribution in [1.29, 1.82) is 0 Å². The van der Waals surface area contributed by atoms with Gasteiger partial charge in [0.25, 0.3) is 0 Å². The van der Waals surface area contributed by atoms with Gasteiger partial charge in [0.1, 0.15) is 0 Å². The van der Waals surface area contributed by atoms with Crippen LogP contribution in [0.15, 0.2) is 18.2 Å². The maximum absolute atomic E-state index is 13.1. The van der Waals surface area contributed by atoms with Gasteiger partial charge in [-0.2, -0.15) is 0 Å². The summed E-state index contributed by atoms with van der Waals surface area (Å²) in [6.45, 7) is 2.60. The van der Waals surface area contributed by atoms with Crippen molar-refractivity contribution >= 4 is 5.91 Å². The van der Waals surface area contributed by atoms with Crippen molar-refractivity contribution in [3.05, 3.63) is 35.4 Å². The number of benzene rings is 1. The number of nitrogens with one attached hydrogen (secondary N) is 2. The van der Waals surface area contributed by atoms with Gasteiger partial charge in [-0.25, -0.2) is 8.78 Å². The molecule has 1 amide bonds. The van der Waals surface area contributed by atoms with Gasteiger partial charge in [-0.05, 0) is 44.0 Å². The summed E-state index contributed by atoms with van der Waals surface area (Å²) in [5.74, 6) is -1.86. The van der Waals surface area contributed by atoms with Crippen LogP contribution in [0.1, 0.15) is 37.8 Å². The molecule has 1 fully saturated rings. The van der Waals surface area contributed by atoms with Crippen LogP contribution in [0.25, 0.3) is 0 Å². The van der Waals surface area contributed by atoms with Gasteiger partial charge in [-0.15, -0.1) is 0 Å². The molecule has 5 heteroatoms. The molecule has 104 valence electrons. The van der Waals surface area contributed by atoms with Gasteiger partial charge in [0.05, 0.1) is 12.1 Å². The van der Waals surface area contributed by atoms with Crippen molar-refractivity contribution in [2.45, 2.75) is 38.3 Å². The first-order valence-corrected chi connectivity index (χ1v) is 6.56. The molecule has 2 atom stereocenters. The molecule has 1 saturated heterocycles. The zero-order chi connectivity index (χ0) is 13.8. The molecule has 3 nitrogen and oxygen atoms in total. The van der Waals surface area contributed by atoms with E-state index in [9.17, 15) is 13.6 Å². The third-order valence-electron chi connectivity index (χ3n) is 3.43. The summed E-state index contributed by atoms with van der Waals surface area (Å²) in [6, 6.07) is 3.16. The summed E-state index contributed by atoms with van der Waals surface area (Å²) in [7, 11) is 0. The van der Waals surface area contributed by atoms with E-state index in [4.69, 9.17) is 0 Å². The highest BCUT2D eigenvalue weighted by Gasteiger charge is 2.22. The van der Waals surface area contributed by atoms with E-state index in [1.807, 2.05) is 0 Å². The van der Waals surface area contributed by atoms with Gasteiger partial charge < -0.3 is 10.6 Å². The third-order valence-corrected chi connectivity index (χ3v) is 3.43. The third kappa shape index (κ3) is 3.50. The SMILES string of the molecule is CC(NC(=O)C1CCCCN1)c1ccc(F)c(F)c1. The smallest absolute Gasteiger partial charge is 0.237 e. The molecule has 0 aliphatic carbocycles. The van der Waals surface area contributed by atoms with E-state index in [2.05, 4.69) is 10.6 Å². The molecule has 2 unspecified atom stereocenters. The normalized spacial score (nSPS) is 20.9. The number of carbonyl (C=O) groups is 1. The lowest BCUT2D eigenvalue weighted by Crippen LogP contribution is -2.47. The highest BCUT2D eigenvalue weighted by Crippen LogP contribution is 2.16. The summed E-state index contributed by atoms with van der Waals surface area (Å²) in [5, 5.41) is 5.97. The molecule has 1 aromatic rings. The fourth-order valence-electron chi connectivity index (χ4n) is 2.25. The molecule has 1 heterocycles. The summed E-state index contributed by atoms with van der Waals surface area (Å²) in [4.78, 5) is 12.0. The Morgan fingerprint density at radius 1 is 1.37 bits per heavy atom. The van der Waals surface area contributed by atoms with Crippen LogP contribution >= 0.6 is 0 Å². The Balaban J connectivity index is 1.97. The van der Waals surface area contributed by atoms with Crippen LogP contribution in [0.5, 0.6) is 0 Å². The largest absolute Gasteiger partial charge is 0.348 e. The maximum Gasteiger partial charge on any atom is 0.237 e. The van der Waals surface area contributed by atoms with E-state index in [1.54, 1.807) is 6.92 Å². The second kappa shape index (κ2) is 6.10. The molecule has 0 spiro atoms. The first-order valence-electron chi connectivity index (χ1n) is 6.56. The van der Waals surface area contributed by atoms with E-state index in [1.165, 1.54) is 6.07 Å². The number of carbonyl (C=O) groups excluding carboxylic acids is 1. The quantitative estimate of drug-likeness (QED) is 0.883. The lowest BCUT2D eigenvalue weighted by molar-refractivity contribution is -0.124. The van der Waals surface area contributed by atoms with Crippen molar-refractivity contribution in [2.75, 3.05) is 6.54 Å². The van der Waals surface area contributed by atoms with Gasteiger partial charge in [0, 0.05) is 0 Å². The van der Waals surface area contributed by atoms with E-state index < -0.39 is 11.6 Å². The second-order valence-electron chi connectivity index (χ2n) is 4.91. The fourth-order valence-corrected chi connectivity index (χ4v) is 2.25. The first kappa shape index (κ1) is 13.9. The van der Waals surface area contributed by atoms with Crippen molar-refractivity contribution in [3.63, 3.8) is 0 Å². The average Bonchev–Trinajstić information content (AvgIpc) is 2.42. The Labute approximate surface area is 111 Å². The van der Waals surface area contributed by atoms with Crippen LogP contribution in [0.2, 0.25) is 0 Å². The van der Waals surface area contributed by atoms with Crippen LogP contribution in [0.4, 0.5) is 8.78 Å². The fraction of sp³-hybridized carbons (Fsp3) is 0.500. The van der Waals surface area contributed by atoms with E-state index >= 15 is 0 Å². The van der Waals surface area contributed by atoms with Gasteiger partial charge in [-0.1, -0.05) is 12.5 Å². The zero-order valence-corrected chi connectivity index (χ0v) is 10.9. The molecule has 0 radical (unpaired) electrons. The molecular weight excluding hydrogens is 250 g/mol. The molecule has 2 N–H and O–H groups in total. The maximum atomic E-state index is 13.1. The number of piperidine rings is 1. The topological polar surface area (TPSA) is 41.1 Å². The van der Waals surface area contributed by atoms with Crippen LogP contribution in [0, 0.1) is 11.6 Å². The zero-order valence-electron chi connectivity index (χ0n) is 10.9. The number of amides is 1. The summed E-state index contributed by atoms with van der Waals surface area (Å²) in [5.41, 5.74) is 0.558. The number of rotatable bonds is 3. The van der Waals surface area contributed by atoms with Crippen molar-refractivity contribution in [2.24, 2.45) is 0 Å². The molecule has 2 rings (SSSR count). The average molecular weight is 268 g/mol. The molecule has 0 aromatic heterocycles. The molecule has 19 heavy (non-hydrogen) atoms. The minimum Gasteiger partial charge on any atom is -0.348 e. The van der Waals surface area contributed by atoms with E-state index in [0.717, 1.165) is 37.9 Å². The van der Waals surface area contributed by atoms with Gasteiger partial charge in [0.2, 0.25) is 5.91 Å². The standard InChI is InChI=1S/C14H18F2N2O/c1-9(10-5-6-11(15)12(16)8-10)18-14(19)13-4-2-3-7-17-13/h5-6,8-9,13,17H,2-4,7H2,1H3,(H,18,19). The predicted molar refractivity (Wildman–Crippen MR) is 68.6 cm³/mol. The summed E-state index contributed by atoms with van der Waals surface area (Å²) < 4.78 is 26.0. The van der Waals surface area contributed by atoms with E-state index in [-0.39, 0.29) is 18.0 Å². The second-order valence-corrected chi connectivity index (χ2v) is 4.91.